The van der Waals surface area contributed by atoms with Crippen LogP contribution in [0.4, 0.5) is 0 Å². The van der Waals surface area contributed by atoms with Crippen LogP contribution in [0.5, 0.6) is 0 Å². The molecule has 1 aliphatic carbocycles. The Balaban J connectivity index is 2.28. The molecule has 0 aromatic heterocycles. The van der Waals surface area contributed by atoms with Gasteiger partial charge in [-0.1, -0.05) is 27.2 Å². The second-order valence-corrected chi connectivity index (χ2v) is 7.57. The Labute approximate surface area is 132 Å². The predicted molar refractivity (Wildman–Crippen MR) is 88.1 cm³/mol. The van der Waals surface area contributed by atoms with Gasteiger partial charge in [-0.05, 0) is 30.9 Å². The third-order valence-corrected chi connectivity index (χ3v) is 5.07. The molecule has 6 heteroatoms. The summed E-state index contributed by atoms with van der Waals surface area (Å²) in [6, 6.07) is -0.316. The van der Waals surface area contributed by atoms with Gasteiger partial charge in [-0.2, -0.15) is 11.8 Å². The molecule has 2 unspecified atom stereocenters. The summed E-state index contributed by atoms with van der Waals surface area (Å²) >= 11 is 1.97. The van der Waals surface area contributed by atoms with E-state index in [1.165, 1.54) is 6.42 Å². The summed E-state index contributed by atoms with van der Waals surface area (Å²) in [6.07, 6.45) is 4.47. The maximum absolute atomic E-state index is 11.9. The van der Waals surface area contributed by atoms with E-state index in [1.807, 2.05) is 25.6 Å². The van der Waals surface area contributed by atoms with E-state index < -0.39 is 6.04 Å². The maximum Gasteiger partial charge on any atom is 0.239 e. The van der Waals surface area contributed by atoms with E-state index in [9.17, 15) is 9.59 Å². The van der Waals surface area contributed by atoms with E-state index in [0.29, 0.717) is 5.25 Å². The lowest BCUT2D eigenvalue weighted by atomic mass is 9.95. The van der Waals surface area contributed by atoms with E-state index in [0.717, 1.165) is 25.0 Å². The van der Waals surface area contributed by atoms with Crippen LogP contribution in [0.15, 0.2) is 0 Å². The summed E-state index contributed by atoms with van der Waals surface area (Å²) in [7, 11) is 0. The molecule has 0 saturated heterocycles. The van der Waals surface area contributed by atoms with Gasteiger partial charge in [0.2, 0.25) is 11.8 Å². The molecule has 0 aromatic carbocycles. The number of nitrogens with one attached hydrogen (secondary N) is 2. The zero-order chi connectivity index (χ0) is 15.8. The van der Waals surface area contributed by atoms with E-state index in [2.05, 4.69) is 17.6 Å². The topological polar surface area (TPSA) is 84.2 Å². The number of carbonyl (C=O) groups is 2. The zero-order valence-corrected chi connectivity index (χ0v) is 14.2. The molecule has 1 saturated carbocycles. The van der Waals surface area contributed by atoms with Gasteiger partial charge in [-0.25, -0.2) is 0 Å². The summed E-state index contributed by atoms with van der Waals surface area (Å²) in [5.41, 5.74) is 5.74. The summed E-state index contributed by atoms with van der Waals surface area (Å²) in [6.45, 7) is 5.96. The summed E-state index contributed by atoms with van der Waals surface area (Å²) in [5.74, 6) is 0.807. The van der Waals surface area contributed by atoms with E-state index in [1.54, 1.807) is 0 Å². The van der Waals surface area contributed by atoms with Crippen molar-refractivity contribution in [2.45, 2.75) is 63.8 Å². The maximum atomic E-state index is 11.9. The second kappa shape index (κ2) is 9.30. The van der Waals surface area contributed by atoms with E-state index >= 15 is 0 Å². The predicted octanol–water partition coefficient (Wildman–Crippen LogP) is 1.27. The smallest absolute Gasteiger partial charge is 0.239 e. The van der Waals surface area contributed by atoms with Crippen LogP contribution in [0.2, 0.25) is 0 Å². The lowest BCUT2D eigenvalue weighted by molar-refractivity contribution is -0.127. The SMILES string of the molecule is CCSC1CCCC(NC(=O)CNC(=O)[C@@H](N)C(C)C)C1. The summed E-state index contributed by atoms with van der Waals surface area (Å²) in [4.78, 5) is 23.6. The molecule has 0 spiro atoms. The van der Waals surface area contributed by atoms with Crippen molar-refractivity contribution < 1.29 is 9.59 Å². The third kappa shape index (κ3) is 6.70. The molecule has 2 amide bonds. The number of rotatable bonds is 7. The van der Waals surface area contributed by atoms with Crippen LogP contribution in [0.1, 0.15) is 46.5 Å². The molecular weight excluding hydrogens is 286 g/mol. The molecule has 0 aromatic rings. The summed E-state index contributed by atoms with van der Waals surface area (Å²) < 4.78 is 0. The fourth-order valence-corrected chi connectivity index (χ4v) is 3.70. The Morgan fingerprint density at radius 2 is 2.05 bits per heavy atom. The number of carbonyl (C=O) groups excluding carboxylic acids is 2. The van der Waals surface area contributed by atoms with Gasteiger partial charge in [0.15, 0.2) is 0 Å². The molecule has 0 heterocycles. The van der Waals surface area contributed by atoms with Gasteiger partial charge in [0.1, 0.15) is 0 Å². The van der Waals surface area contributed by atoms with Crippen molar-refractivity contribution >= 4 is 23.6 Å². The first kappa shape index (κ1) is 18.3. The lowest BCUT2D eigenvalue weighted by Crippen LogP contribution is -2.49. The minimum Gasteiger partial charge on any atom is -0.352 e. The van der Waals surface area contributed by atoms with Crippen molar-refractivity contribution in [3.8, 4) is 0 Å². The Bertz CT molecular complexity index is 348. The van der Waals surface area contributed by atoms with Gasteiger partial charge < -0.3 is 16.4 Å². The quantitative estimate of drug-likeness (QED) is 0.660. The molecule has 5 nitrogen and oxygen atoms in total. The second-order valence-electron chi connectivity index (χ2n) is 6.00. The first-order valence-electron chi connectivity index (χ1n) is 7.88. The number of nitrogens with two attached hydrogens (primary N) is 1. The van der Waals surface area contributed by atoms with Gasteiger partial charge >= 0.3 is 0 Å². The van der Waals surface area contributed by atoms with Crippen LogP contribution in [0.3, 0.4) is 0 Å². The molecule has 3 atom stereocenters. The highest BCUT2D eigenvalue weighted by Crippen LogP contribution is 2.28. The van der Waals surface area contributed by atoms with Crippen molar-refractivity contribution in [1.29, 1.82) is 0 Å². The van der Waals surface area contributed by atoms with Crippen LogP contribution in [-0.2, 0) is 9.59 Å². The van der Waals surface area contributed by atoms with Crippen LogP contribution in [0, 0.1) is 5.92 Å². The Morgan fingerprint density at radius 1 is 1.33 bits per heavy atom. The summed E-state index contributed by atoms with van der Waals surface area (Å²) in [5, 5.41) is 6.28. The first-order chi connectivity index (χ1) is 9.93. The molecule has 1 rings (SSSR count). The number of amides is 2. The fourth-order valence-electron chi connectivity index (χ4n) is 2.53. The van der Waals surface area contributed by atoms with Gasteiger partial charge in [-0.3, -0.25) is 9.59 Å². The highest BCUT2D eigenvalue weighted by Gasteiger charge is 2.23. The van der Waals surface area contributed by atoms with Crippen molar-refractivity contribution in [3.05, 3.63) is 0 Å². The number of thioether (sulfide) groups is 1. The molecule has 1 fully saturated rings. The lowest BCUT2D eigenvalue weighted by Gasteiger charge is -2.29. The van der Waals surface area contributed by atoms with Crippen LogP contribution in [0.25, 0.3) is 0 Å². The van der Waals surface area contributed by atoms with Crippen molar-refractivity contribution in [2.75, 3.05) is 12.3 Å². The van der Waals surface area contributed by atoms with Gasteiger partial charge in [0, 0.05) is 11.3 Å². The number of hydrogen-bond acceptors (Lipinski definition) is 4. The molecule has 21 heavy (non-hydrogen) atoms. The largest absolute Gasteiger partial charge is 0.352 e. The molecule has 122 valence electrons. The van der Waals surface area contributed by atoms with Gasteiger partial charge in [0.25, 0.3) is 0 Å². The molecule has 1 aliphatic rings. The van der Waals surface area contributed by atoms with Crippen molar-refractivity contribution in [1.82, 2.24) is 10.6 Å². The standard InChI is InChI=1S/C15H29N3O2S/c1-4-21-12-7-5-6-11(8-12)18-13(19)9-17-15(20)14(16)10(2)3/h10-12,14H,4-9,16H2,1-3H3,(H,17,20)(H,18,19)/t11?,12?,14-/m0/s1. The monoisotopic (exact) mass is 315 g/mol. The van der Waals surface area contributed by atoms with Crippen molar-refractivity contribution in [2.24, 2.45) is 11.7 Å². The molecule has 0 radical (unpaired) electrons. The zero-order valence-electron chi connectivity index (χ0n) is 13.4. The highest BCUT2D eigenvalue weighted by atomic mass is 32.2. The molecule has 4 N–H and O–H groups in total. The minimum absolute atomic E-state index is 0.0152. The van der Waals surface area contributed by atoms with E-state index in [-0.39, 0.29) is 30.3 Å². The van der Waals surface area contributed by atoms with Crippen LogP contribution < -0.4 is 16.4 Å². The minimum atomic E-state index is -0.558. The molecule has 0 bridgehead atoms. The average molecular weight is 315 g/mol. The number of hydrogen-bond donors (Lipinski definition) is 3. The van der Waals surface area contributed by atoms with Crippen LogP contribution >= 0.6 is 11.8 Å². The Hall–Kier alpha value is -0.750. The Kier molecular flexibility index (Phi) is 8.11. The molecule has 0 aliphatic heterocycles. The normalized spacial score (nSPS) is 23.7. The third-order valence-electron chi connectivity index (χ3n) is 3.84. The Morgan fingerprint density at radius 3 is 2.67 bits per heavy atom. The fraction of sp³-hybridized carbons (Fsp3) is 0.867. The van der Waals surface area contributed by atoms with Crippen molar-refractivity contribution in [3.63, 3.8) is 0 Å². The average Bonchev–Trinajstić information content (AvgIpc) is 2.44. The van der Waals surface area contributed by atoms with E-state index in [4.69, 9.17) is 5.73 Å². The first-order valence-corrected chi connectivity index (χ1v) is 8.93. The van der Waals surface area contributed by atoms with Crippen LogP contribution in [-0.4, -0.2) is 41.4 Å². The van der Waals surface area contributed by atoms with Gasteiger partial charge in [-0.15, -0.1) is 0 Å². The molecular formula is C15H29N3O2S. The van der Waals surface area contributed by atoms with Gasteiger partial charge in [0.05, 0.1) is 12.6 Å². The highest BCUT2D eigenvalue weighted by molar-refractivity contribution is 7.99.